The minimum absolute atomic E-state index is 0.810. The van der Waals surface area contributed by atoms with Gasteiger partial charge in [0.05, 0.1) is 0 Å². The van der Waals surface area contributed by atoms with Crippen molar-refractivity contribution in [3.05, 3.63) is 28.8 Å². The summed E-state index contributed by atoms with van der Waals surface area (Å²) in [4.78, 5) is 1.33. The summed E-state index contributed by atoms with van der Waals surface area (Å²) in [5, 5.41) is 5.11. The third-order valence-electron chi connectivity index (χ3n) is 3.37. The summed E-state index contributed by atoms with van der Waals surface area (Å²) in [5.41, 5.74) is 1.21. The van der Waals surface area contributed by atoms with E-state index in [0.29, 0.717) is 0 Å². The fraction of sp³-hybridized carbons (Fsp3) is 0.600. The lowest BCUT2D eigenvalue weighted by Crippen LogP contribution is -2.14. The van der Waals surface area contributed by atoms with Gasteiger partial charge in [0.2, 0.25) is 0 Å². The minimum Gasteiger partial charge on any atom is -0.313 e. The molecule has 1 aliphatic rings. The van der Waals surface area contributed by atoms with E-state index in [1.54, 1.807) is 0 Å². The second kappa shape index (κ2) is 7.42. The van der Waals surface area contributed by atoms with Gasteiger partial charge in [0, 0.05) is 21.7 Å². The molecule has 1 saturated carbocycles. The van der Waals surface area contributed by atoms with Gasteiger partial charge in [-0.1, -0.05) is 37.4 Å². The summed E-state index contributed by atoms with van der Waals surface area (Å²) in [5.74, 6) is 0. The highest BCUT2D eigenvalue weighted by Crippen LogP contribution is 2.36. The molecule has 3 heteroatoms. The van der Waals surface area contributed by atoms with Gasteiger partial charge in [0.1, 0.15) is 0 Å². The molecule has 2 rings (SSSR count). The van der Waals surface area contributed by atoms with Crippen LogP contribution in [0.15, 0.2) is 23.1 Å². The average molecular weight is 284 g/mol. The Kier molecular flexibility index (Phi) is 5.87. The number of hydrogen-bond acceptors (Lipinski definition) is 2. The summed E-state index contributed by atoms with van der Waals surface area (Å²) in [6.07, 6.45) is 6.67. The van der Waals surface area contributed by atoms with Crippen LogP contribution in [0.1, 0.15) is 44.6 Å². The van der Waals surface area contributed by atoms with Crippen molar-refractivity contribution >= 4 is 23.4 Å². The standard InChI is InChI=1S/C15H22ClNS/c1-2-9-17-11-12-7-8-14(10-15(12)16)18-13-5-3-4-6-13/h7-8,10,13,17H,2-6,9,11H2,1H3. The molecule has 0 radical (unpaired) electrons. The lowest BCUT2D eigenvalue weighted by atomic mass is 10.2. The summed E-state index contributed by atoms with van der Waals surface area (Å²) in [7, 11) is 0. The quantitative estimate of drug-likeness (QED) is 0.747. The molecule has 0 bridgehead atoms. The maximum absolute atomic E-state index is 6.34. The van der Waals surface area contributed by atoms with Crippen molar-refractivity contribution in [2.24, 2.45) is 0 Å². The molecule has 0 aliphatic heterocycles. The van der Waals surface area contributed by atoms with Crippen LogP contribution in [0.4, 0.5) is 0 Å². The molecule has 0 heterocycles. The van der Waals surface area contributed by atoms with Crippen LogP contribution in [0.5, 0.6) is 0 Å². The van der Waals surface area contributed by atoms with Gasteiger partial charge >= 0.3 is 0 Å². The van der Waals surface area contributed by atoms with Crippen molar-refractivity contribution in [1.82, 2.24) is 5.32 Å². The zero-order chi connectivity index (χ0) is 12.8. The van der Waals surface area contributed by atoms with Crippen LogP contribution in [0.3, 0.4) is 0 Å². The molecule has 1 N–H and O–H groups in total. The Labute approximate surface area is 120 Å². The first-order chi connectivity index (χ1) is 8.79. The number of thioether (sulfide) groups is 1. The Morgan fingerprint density at radius 3 is 2.78 bits per heavy atom. The highest BCUT2D eigenvalue weighted by molar-refractivity contribution is 8.00. The van der Waals surface area contributed by atoms with Crippen molar-refractivity contribution in [3.8, 4) is 0 Å². The van der Waals surface area contributed by atoms with E-state index in [1.807, 2.05) is 11.8 Å². The van der Waals surface area contributed by atoms with E-state index >= 15 is 0 Å². The predicted molar refractivity (Wildman–Crippen MR) is 81.6 cm³/mol. The van der Waals surface area contributed by atoms with Gasteiger partial charge in [-0.2, -0.15) is 0 Å². The zero-order valence-corrected chi connectivity index (χ0v) is 12.6. The molecule has 1 aromatic rings. The maximum atomic E-state index is 6.34. The number of hydrogen-bond donors (Lipinski definition) is 1. The predicted octanol–water partition coefficient (Wildman–Crippen LogP) is 4.87. The Balaban J connectivity index is 1.91. The third-order valence-corrected chi connectivity index (χ3v) is 5.05. The van der Waals surface area contributed by atoms with Crippen LogP contribution < -0.4 is 5.32 Å². The molecule has 18 heavy (non-hydrogen) atoms. The van der Waals surface area contributed by atoms with Crippen LogP contribution in [-0.4, -0.2) is 11.8 Å². The van der Waals surface area contributed by atoms with E-state index in [-0.39, 0.29) is 0 Å². The van der Waals surface area contributed by atoms with E-state index in [4.69, 9.17) is 11.6 Å². The molecule has 0 aromatic heterocycles. The summed E-state index contributed by atoms with van der Waals surface area (Å²) in [6.45, 7) is 4.10. The molecular formula is C15H22ClNS. The van der Waals surface area contributed by atoms with Crippen LogP contribution in [0.2, 0.25) is 5.02 Å². The van der Waals surface area contributed by atoms with Crippen LogP contribution in [0.25, 0.3) is 0 Å². The van der Waals surface area contributed by atoms with Crippen molar-refractivity contribution in [2.45, 2.75) is 55.7 Å². The fourth-order valence-electron chi connectivity index (χ4n) is 2.34. The minimum atomic E-state index is 0.810. The zero-order valence-electron chi connectivity index (χ0n) is 11.0. The van der Waals surface area contributed by atoms with Crippen molar-refractivity contribution < 1.29 is 0 Å². The normalized spacial score (nSPS) is 16.3. The monoisotopic (exact) mass is 283 g/mol. The van der Waals surface area contributed by atoms with Crippen molar-refractivity contribution in [2.75, 3.05) is 6.54 Å². The molecule has 0 unspecified atom stereocenters. The average Bonchev–Trinajstić information content (AvgIpc) is 2.85. The lowest BCUT2D eigenvalue weighted by molar-refractivity contribution is 0.675. The maximum Gasteiger partial charge on any atom is 0.0462 e. The van der Waals surface area contributed by atoms with Gasteiger partial charge in [0.15, 0.2) is 0 Å². The fourth-order valence-corrected chi connectivity index (χ4v) is 3.94. The first-order valence-electron chi connectivity index (χ1n) is 6.95. The Morgan fingerprint density at radius 1 is 1.33 bits per heavy atom. The van der Waals surface area contributed by atoms with Gasteiger partial charge in [-0.25, -0.2) is 0 Å². The highest BCUT2D eigenvalue weighted by atomic mass is 35.5. The number of halogens is 1. The number of nitrogens with one attached hydrogen (secondary N) is 1. The Bertz CT molecular complexity index is 375. The molecule has 0 atom stereocenters. The SMILES string of the molecule is CCCNCc1ccc(SC2CCCC2)cc1Cl. The molecule has 1 nitrogen and oxygen atoms in total. The first kappa shape index (κ1) is 14.2. The second-order valence-electron chi connectivity index (χ2n) is 4.95. The molecule has 1 aliphatic carbocycles. The topological polar surface area (TPSA) is 12.0 Å². The molecular weight excluding hydrogens is 262 g/mol. The van der Waals surface area contributed by atoms with E-state index in [2.05, 4.69) is 30.4 Å². The molecule has 100 valence electrons. The molecule has 0 spiro atoms. The summed E-state index contributed by atoms with van der Waals surface area (Å²) in [6, 6.07) is 6.52. The summed E-state index contributed by atoms with van der Waals surface area (Å²) < 4.78 is 0. The molecule has 0 amide bonds. The largest absolute Gasteiger partial charge is 0.313 e. The van der Waals surface area contributed by atoms with Crippen LogP contribution >= 0.6 is 23.4 Å². The Morgan fingerprint density at radius 2 is 2.11 bits per heavy atom. The number of benzene rings is 1. The van der Waals surface area contributed by atoms with Gasteiger partial charge in [0.25, 0.3) is 0 Å². The van der Waals surface area contributed by atoms with E-state index in [0.717, 1.165) is 29.8 Å². The van der Waals surface area contributed by atoms with E-state index in [9.17, 15) is 0 Å². The Hall–Kier alpha value is -0.180. The smallest absolute Gasteiger partial charge is 0.0462 e. The lowest BCUT2D eigenvalue weighted by Gasteiger charge is -2.11. The summed E-state index contributed by atoms with van der Waals surface area (Å²) >= 11 is 8.34. The molecule has 1 aromatic carbocycles. The van der Waals surface area contributed by atoms with Gasteiger partial charge in [-0.15, -0.1) is 11.8 Å². The van der Waals surface area contributed by atoms with Crippen LogP contribution in [0, 0.1) is 0 Å². The molecule has 1 fully saturated rings. The van der Waals surface area contributed by atoms with Crippen LogP contribution in [-0.2, 0) is 6.54 Å². The highest BCUT2D eigenvalue weighted by Gasteiger charge is 2.16. The van der Waals surface area contributed by atoms with Gasteiger partial charge in [-0.3, -0.25) is 0 Å². The van der Waals surface area contributed by atoms with E-state index < -0.39 is 0 Å². The first-order valence-corrected chi connectivity index (χ1v) is 8.21. The molecule has 0 saturated heterocycles. The van der Waals surface area contributed by atoms with Gasteiger partial charge < -0.3 is 5.32 Å². The van der Waals surface area contributed by atoms with Crippen molar-refractivity contribution in [3.63, 3.8) is 0 Å². The third kappa shape index (κ3) is 4.18. The van der Waals surface area contributed by atoms with Gasteiger partial charge in [-0.05, 0) is 43.5 Å². The number of rotatable bonds is 6. The van der Waals surface area contributed by atoms with Crippen molar-refractivity contribution in [1.29, 1.82) is 0 Å². The second-order valence-corrected chi connectivity index (χ2v) is 6.74. The van der Waals surface area contributed by atoms with E-state index in [1.165, 1.54) is 36.1 Å².